The van der Waals surface area contributed by atoms with E-state index in [1.807, 2.05) is 0 Å². The van der Waals surface area contributed by atoms with Gasteiger partial charge in [0.1, 0.15) is 0 Å². The smallest absolute Gasteiger partial charge is 0.269 e. The van der Waals surface area contributed by atoms with Crippen LogP contribution in [0.25, 0.3) is 0 Å². The molecule has 0 aromatic heterocycles. The predicted molar refractivity (Wildman–Crippen MR) is 85.9 cm³/mol. The van der Waals surface area contributed by atoms with Gasteiger partial charge in [-0.15, -0.1) is 0 Å². The number of nitrogens with zero attached hydrogens (tertiary/aromatic N) is 2. The number of aliphatic hydroxyl groups excluding tert-OH is 1. The Hall–Kier alpha value is -1.99. The molecule has 0 bridgehead atoms. The number of benzene rings is 1. The molecule has 2 rings (SSSR count). The van der Waals surface area contributed by atoms with E-state index in [2.05, 4.69) is 10.2 Å². The number of amides is 1. The Bertz CT molecular complexity index is 556. The van der Waals surface area contributed by atoms with Gasteiger partial charge in [0.05, 0.1) is 11.0 Å². The maximum atomic E-state index is 11.4. The Kier molecular flexibility index (Phi) is 6.06. The van der Waals surface area contributed by atoms with Crippen molar-refractivity contribution in [1.82, 2.24) is 10.2 Å². The normalized spacial score (nSPS) is 17.7. The molecule has 0 saturated carbocycles. The molecule has 1 aromatic carbocycles. The Labute approximate surface area is 135 Å². The molecule has 1 unspecified atom stereocenters. The molecule has 1 heterocycles. The second kappa shape index (κ2) is 8.03. The lowest BCUT2D eigenvalue weighted by molar-refractivity contribution is -0.385. The first-order valence-electron chi connectivity index (χ1n) is 7.85. The van der Waals surface area contributed by atoms with Gasteiger partial charge in [-0.05, 0) is 37.4 Å². The maximum Gasteiger partial charge on any atom is 0.269 e. The second-order valence-electron chi connectivity index (χ2n) is 5.99. The largest absolute Gasteiger partial charge is 0.387 e. The average molecular weight is 321 g/mol. The zero-order valence-corrected chi connectivity index (χ0v) is 13.3. The van der Waals surface area contributed by atoms with Crippen molar-refractivity contribution in [2.24, 2.45) is 5.92 Å². The van der Waals surface area contributed by atoms with Gasteiger partial charge in [0, 0.05) is 32.1 Å². The van der Waals surface area contributed by atoms with Crippen molar-refractivity contribution in [2.75, 3.05) is 26.7 Å². The third kappa shape index (κ3) is 5.01. The number of nitro groups is 1. The fourth-order valence-corrected chi connectivity index (χ4v) is 2.93. The summed E-state index contributed by atoms with van der Waals surface area (Å²) in [6, 6.07) is 6.13. The molecule has 126 valence electrons. The van der Waals surface area contributed by atoms with Gasteiger partial charge in [-0.25, -0.2) is 0 Å². The number of aliphatic hydroxyl groups is 1. The summed E-state index contributed by atoms with van der Waals surface area (Å²) in [4.78, 5) is 23.9. The maximum absolute atomic E-state index is 11.4. The SMILES string of the molecule is CNC(=O)CC1CCN(CC(O)c2cccc([N+](=O)[O-])c2)CC1. The number of non-ortho nitro benzene ring substituents is 1. The fourth-order valence-electron chi connectivity index (χ4n) is 2.93. The molecule has 1 atom stereocenters. The van der Waals surface area contributed by atoms with Crippen LogP contribution in [-0.4, -0.2) is 47.5 Å². The van der Waals surface area contributed by atoms with Gasteiger partial charge >= 0.3 is 0 Å². The fraction of sp³-hybridized carbons (Fsp3) is 0.562. The number of hydrogen-bond acceptors (Lipinski definition) is 5. The second-order valence-corrected chi connectivity index (χ2v) is 5.99. The molecule has 0 spiro atoms. The number of hydrogen-bond donors (Lipinski definition) is 2. The first-order chi connectivity index (χ1) is 11.0. The molecule has 1 fully saturated rings. The van der Waals surface area contributed by atoms with E-state index in [0.717, 1.165) is 25.9 Å². The van der Waals surface area contributed by atoms with Crippen LogP contribution in [0.5, 0.6) is 0 Å². The lowest BCUT2D eigenvalue weighted by Gasteiger charge is -2.32. The van der Waals surface area contributed by atoms with Crippen LogP contribution in [0.3, 0.4) is 0 Å². The summed E-state index contributed by atoms with van der Waals surface area (Å²) in [5.74, 6) is 0.459. The van der Waals surface area contributed by atoms with Crippen LogP contribution in [0.2, 0.25) is 0 Å². The zero-order valence-electron chi connectivity index (χ0n) is 13.3. The van der Waals surface area contributed by atoms with Crippen LogP contribution in [-0.2, 0) is 4.79 Å². The van der Waals surface area contributed by atoms with Gasteiger partial charge in [0.15, 0.2) is 0 Å². The van der Waals surface area contributed by atoms with Crippen molar-refractivity contribution < 1.29 is 14.8 Å². The number of carbonyl (C=O) groups excluding carboxylic acids is 1. The van der Waals surface area contributed by atoms with Gasteiger partial charge in [-0.1, -0.05) is 12.1 Å². The van der Waals surface area contributed by atoms with Crippen LogP contribution in [0.4, 0.5) is 5.69 Å². The predicted octanol–water partition coefficient (Wildman–Crippen LogP) is 1.48. The number of β-amino-alcohol motifs (C(OH)–C–C–N with tert-alkyl or cyclic N) is 1. The third-order valence-electron chi connectivity index (χ3n) is 4.36. The first kappa shape index (κ1) is 17.4. The summed E-state index contributed by atoms with van der Waals surface area (Å²) in [5, 5.41) is 23.7. The topological polar surface area (TPSA) is 95.7 Å². The quantitative estimate of drug-likeness (QED) is 0.611. The molecular weight excluding hydrogens is 298 g/mol. The van der Waals surface area contributed by atoms with Crippen molar-refractivity contribution in [3.8, 4) is 0 Å². The molecule has 7 heteroatoms. The van der Waals surface area contributed by atoms with Crippen molar-refractivity contribution in [3.05, 3.63) is 39.9 Å². The molecule has 2 N–H and O–H groups in total. The number of rotatable bonds is 6. The van der Waals surface area contributed by atoms with Crippen LogP contribution in [0, 0.1) is 16.0 Å². The Morgan fingerprint density at radius 3 is 2.78 bits per heavy atom. The summed E-state index contributed by atoms with van der Waals surface area (Å²) in [6.45, 7) is 2.11. The van der Waals surface area contributed by atoms with Crippen molar-refractivity contribution in [1.29, 1.82) is 0 Å². The van der Waals surface area contributed by atoms with E-state index in [-0.39, 0.29) is 11.6 Å². The van der Waals surface area contributed by atoms with Gasteiger partial charge in [-0.3, -0.25) is 14.9 Å². The number of nitro benzene ring substituents is 1. The van der Waals surface area contributed by atoms with E-state index in [9.17, 15) is 20.0 Å². The Morgan fingerprint density at radius 2 is 2.17 bits per heavy atom. The summed E-state index contributed by atoms with van der Waals surface area (Å²) >= 11 is 0. The van der Waals surface area contributed by atoms with E-state index >= 15 is 0 Å². The van der Waals surface area contributed by atoms with Crippen LogP contribution in [0.1, 0.15) is 30.9 Å². The summed E-state index contributed by atoms with van der Waals surface area (Å²) < 4.78 is 0. The molecular formula is C16H23N3O4. The minimum atomic E-state index is -0.745. The molecule has 0 radical (unpaired) electrons. The van der Waals surface area contributed by atoms with Gasteiger partial charge in [0.25, 0.3) is 5.69 Å². The third-order valence-corrected chi connectivity index (χ3v) is 4.36. The Morgan fingerprint density at radius 1 is 1.48 bits per heavy atom. The highest BCUT2D eigenvalue weighted by Crippen LogP contribution is 2.24. The van der Waals surface area contributed by atoms with Crippen molar-refractivity contribution >= 4 is 11.6 Å². The van der Waals surface area contributed by atoms with Crippen LogP contribution in [0.15, 0.2) is 24.3 Å². The van der Waals surface area contributed by atoms with E-state index < -0.39 is 11.0 Å². The van der Waals surface area contributed by atoms with Crippen molar-refractivity contribution in [2.45, 2.75) is 25.4 Å². The van der Waals surface area contributed by atoms with Gasteiger partial charge in [-0.2, -0.15) is 0 Å². The average Bonchev–Trinajstić information content (AvgIpc) is 2.56. The van der Waals surface area contributed by atoms with E-state index in [0.29, 0.717) is 24.4 Å². The van der Waals surface area contributed by atoms with Gasteiger partial charge in [0.2, 0.25) is 5.91 Å². The van der Waals surface area contributed by atoms with Crippen molar-refractivity contribution in [3.63, 3.8) is 0 Å². The number of piperidine rings is 1. The molecule has 1 amide bonds. The van der Waals surface area contributed by atoms with Crippen LogP contribution < -0.4 is 5.32 Å². The lowest BCUT2D eigenvalue weighted by atomic mass is 9.93. The zero-order chi connectivity index (χ0) is 16.8. The molecule has 1 aliphatic heterocycles. The molecule has 0 aliphatic carbocycles. The summed E-state index contributed by atoms with van der Waals surface area (Å²) in [7, 11) is 1.65. The van der Waals surface area contributed by atoms with Crippen LogP contribution >= 0.6 is 0 Å². The minimum absolute atomic E-state index is 0.00848. The highest BCUT2D eigenvalue weighted by molar-refractivity contribution is 5.75. The monoisotopic (exact) mass is 321 g/mol. The van der Waals surface area contributed by atoms with Gasteiger partial charge < -0.3 is 15.3 Å². The molecule has 23 heavy (non-hydrogen) atoms. The summed E-state index contributed by atoms with van der Waals surface area (Å²) in [5.41, 5.74) is 0.553. The molecule has 1 aliphatic rings. The number of carbonyl (C=O) groups is 1. The molecule has 7 nitrogen and oxygen atoms in total. The van der Waals surface area contributed by atoms with E-state index in [4.69, 9.17) is 0 Å². The van der Waals surface area contributed by atoms with E-state index in [1.165, 1.54) is 12.1 Å². The first-order valence-corrected chi connectivity index (χ1v) is 7.85. The number of likely N-dealkylation sites (tertiary alicyclic amines) is 1. The highest BCUT2D eigenvalue weighted by atomic mass is 16.6. The lowest BCUT2D eigenvalue weighted by Crippen LogP contribution is -2.37. The summed E-state index contributed by atoms with van der Waals surface area (Å²) in [6.07, 6.45) is 1.66. The highest BCUT2D eigenvalue weighted by Gasteiger charge is 2.23. The standard InChI is InChI=1S/C16H23N3O4/c1-17-16(21)9-12-5-7-18(8-6-12)11-15(20)13-3-2-4-14(10-13)19(22)23/h2-4,10,12,15,20H,5-9,11H2,1H3,(H,17,21). The minimum Gasteiger partial charge on any atom is -0.387 e. The molecule has 1 aromatic rings. The number of nitrogens with one attached hydrogen (secondary N) is 1. The molecule has 1 saturated heterocycles. The Balaban J connectivity index is 1.85. The van der Waals surface area contributed by atoms with E-state index in [1.54, 1.807) is 19.2 Å².